The third-order valence-corrected chi connectivity index (χ3v) is 2.29. The van der Waals surface area contributed by atoms with Gasteiger partial charge in [-0.15, -0.1) is 0 Å². The van der Waals surface area contributed by atoms with E-state index in [4.69, 9.17) is 5.11 Å². The third-order valence-electron chi connectivity index (χ3n) is 2.29. The van der Waals surface area contributed by atoms with Crippen LogP contribution in [0.1, 0.15) is 29.9 Å². The van der Waals surface area contributed by atoms with E-state index in [2.05, 4.69) is 9.97 Å². The van der Waals surface area contributed by atoms with Gasteiger partial charge < -0.3 is 10.0 Å². The Balaban J connectivity index is 3.06. The Kier molecular flexibility index (Phi) is 3.24. The Morgan fingerprint density at radius 3 is 2.53 bits per heavy atom. The molecule has 15 heavy (non-hydrogen) atoms. The van der Waals surface area contributed by atoms with Crippen molar-refractivity contribution in [2.24, 2.45) is 0 Å². The van der Waals surface area contributed by atoms with Crippen LogP contribution in [0.15, 0.2) is 6.20 Å². The van der Waals surface area contributed by atoms with Crippen LogP contribution in [0.5, 0.6) is 0 Å². The van der Waals surface area contributed by atoms with Crippen molar-refractivity contribution in [1.29, 1.82) is 0 Å². The average Bonchev–Trinajstić information content (AvgIpc) is 2.15. The van der Waals surface area contributed by atoms with Gasteiger partial charge in [-0.05, 0) is 20.8 Å². The van der Waals surface area contributed by atoms with Crippen molar-refractivity contribution in [3.63, 3.8) is 0 Å². The number of carbonyl (C=O) groups is 1. The standard InChI is InChI=1S/C10H15N3O2/c1-6(2)13(4)10-11-5-8(9(14)15)7(3)12-10/h5-6H,1-4H3,(H,14,15). The summed E-state index contributed by atoms with van der Waals surface area (Å²) in [4.78, 5) is 20.8. The molecule has 5 nitrogen and oxygen atoms in total. The molecule has 5 heteroatoms. The molecule has 1 rings (SSSR count). The molecule has 1 aromatic rings. The summed E-state index contributed by atoms with van der Waals surface area (Å²) in [5.74, 6) is -0.446. The second-order valence-electron chi connectivity index (χ2n) is 3.68. The van der Waals surface area contributed by atoms with Crippen LogP contribution in [0.4, 0.5) is 5.95 Å². The molecule has 1 N–H and O–H groups in total. The second-order valence-corrected chi connectivity index (χ2v) is 3.68. The van der Waals surface area contributed by atoms with Crippen LogP contribution >= 0.6 is 0 Å². The minimum absolute atomic E-state index is 0.149. The Labute approximate surface area is 88.8 Å². The zero-order valence-corrected chi connectivity index (χ0v) is 9.35. The number of carboxylic acids is 1. The number of carboxylic acid groups (broad SMARTS) is 1. The zero-order valence-electron chi connectivity index (χ0n) is 9.35. The van der Waals surface area contributed by atoms with E-state index in [1.807, 2.05) is 25.8 Å². The highest BCUT2D eigenvalue weighted by Gasteiger charge is 2.13. The van der Waals surface area contributed by atoms with Gasteiger partial charge in [0, 0.05) is 19.3 Å². The highest BCUT2D eigenvalue weighted by molar-refractivity contribution is 5.88. The fourth-order valence-electron chi connectivity index (χ4n) is 1.07. The predicted molar refractivity (Wildman–Crippen MR) is 57.3 cm³/mol. The number of aryl methyl sites for hydroxylation is 1. The molecule has 82 valence electrons. The highest BCUT2D eigenvalue weighted by Crippen LogP contribution is 2.11. The maximum Gasteiger partial charge on any atom is 0.339 e. The first-order valence-electron chi connectivity index (χ1n) is 4.73. The van der Waals surface area contributed by atoms with Crippen LogP contribution < -0.4 is 4.90 Å². The lowest BCUT2D eigenvalue weighted by atomic mass is 10.2. The zero-order chi connectivity index (χ0) is 11.6. The van der Waals surface area contributed by atoms with Crippen LogP contribution in [-0.4, -0.2) is 34.1 Å². The van der Waals surface area contributed by atoms with Crippen molar-refractivity contribution >= 4 is 11.9 Å². The Morgan fingerprint density at radius 1 is 1.53 bits per heavy atom. The molecule has 0 saturated heterocycles. The van der Waals surface area contributed by atoms with Crippen molar-refractivity contribution in [3.05, 3.63) is 17.5 Å². The van der Waals surface area contributed by atoms with Crippen LogP contribution in [0, 0.1) is 6.92 Å². The average molecular weight is 209 g/mol. The van der Waals surface area contributed by atoms with E-state index < -0.39 is 5.97 Å². The molecule has 0 atom stereocenters. The number of rotatable bonds is 3. The van der Waals surface area contributed by atoms with E-state index in [-0.39, 0.29) is 11.6 Å². The summed E-state index contributed by atoms with van der Waals surface area (Å²) < 4.78 is 0. The third kappa shape index (κ3) is 2.43. The van der Waals surface area contributed by atoms with Crippen molar-refractivity contribution in [2.45, 2.75) is 26.8 Å². The van der Waals surface area contributed by atoms with Gasteiger partial charge in [-0.3, -0.25) is 0 Å². The summed E-state index contributed by atoms with van der Waals surface area (Å²) in [7, 11) is 1.87. The highest BCUT2D eigenvalue weighted by atomic mass is 16.4. The first kappa shape index (κ1) is 11.4. The van der Waals surface area contributed by atoms with Gasteiger partial charge in [-0.25, -0.2) is 14.8 Å². The SMILES string of the molecule is Cc1nc(N(C)C(C)C)ncc1C(=O)O. The number of aromatic carboxylic acids is 1. The maximum absolute atomic E-state index is 10.7. The molecular weight excluding hydrogens is 194 g/mol. The molecule has 1 aromatic heterocycles. The van der Waals surface area contributed by atoms with Crippen molar-refractivity contribution < 1.29 is 9.90 Å². The molecule has 0 aliphatic carbocycles. The molecule has 0 bridgehead atoms. The summed E-state index contributed by atoms with van der Waals surface area (Å²) >= 11 is 0. The molecule has 1 heterocycles. The fraction of sp³-hybridized carbons (Fsp3) is 0.500. The van der Waals surface area contributed by atoms with E-state index in [0.29, 0.717) is 11.6 Å². The van der Waals surface area contributed by atoms with Gasteiger partial charge in [0.1, 0.15) is 0 Å². The molecule has 0 amide bonds. The van der Waals surface area contributed by atoms with E-state index in [1.165, 1.54) is 6.20 Å². The largest absolute Gasteiger partial charge is 0.478 e. The van der Waals surface area contributed by atoms with Gasteiger partial charge in [0.05, 0.1) is 11.3 Å². The Bertz CT molecular complexity index is 377. The number of nitrogens with zero attached hydrogens (tertiary/aromatic N) is 3. The van der Waals surface area contributed by atoms with Gasteiger partial charge >= 0.3 is 5.97 Å². The number of anilines is 1. The van der Waals surface area contributed by atoms with Crippen molar-refractivity contribution in [3.8, 4) is 0 Å². The summed E-state index contributed by atoms with van der Waals surface area (Å²) in [5, 5.41) is 8.81. The van der Waals surface area contributed by atoms with Crippen molar-refractivity contribution in [2.75, 3.05) is 11.9 Å². The quantitative estimate of drug-likeness (QED) is 0.813. The molecule has 0 unspecified atom stereocenters. The maximum atomic E-state index is 10.7. The molecular formula is C10H15N3O2. The summed E-state index contributed by atoms with van der Waals surface area (Å²) in [5.41, 5.74) is 0.635. The van der Waals surface area contributed by atoms with Crippen LogP contribution in [0.3, 0.4) is 0 Å². The molecule has 0 radical (unpaired) electrons. The monoisotopic (exact) mass is 209 g/mol. The summed E-state index contributed by atoms with van der Waals surface area (Å²) in [6.45, 7) is 5.70. The summed E-state index contributed by atoms with van der Waals surface area (Å²) in [6, 6.07) is 0.278. The van der Waals surface area contributed by atoms with E-state index in [0.717, 1.165) is 0 Å². The second kappa shape index (κ2) is 4.25. The fourth-order valence-corrected chi connectivity index (χ4v) is 1.07. The van der Waals surface area contributed by atoms with Gasteiger partial charge in [0.25, 0.3) is 0 Å². The summed E-state index contributed by atoms with van der Waals surface area (Å²) in [6.07, 6.45) is 1.35. The van der Waals surface area contributed by atoms with Gasteiger partial charge in [-0.2, -0.15) is 0 Å². The van der Waals surface area contributed by atoms with Crippen LogP contribution in [0.25, 0.3) is 0 Å². The minimum Gasteiger partial charge on any atom is -0.478 e. The molecule has 0 spiro atoms. The van der Waals surface area contributed by atoms with Crippen LogP contribution in [0.2, 0.25) is 0 Å². The molecule has 0 fully saturated rings. The first-order chi connectivity index (χ1) is 6.93. The van der Waals surface area contributed by atoms with Crippen molar-refractivity contribution in [1.82, 2.24) is 9.97 Å². The Morgan fingerprint density at radius 2 is 2.13 bits per heavy atom. The lowest BCUT2D eigenvalue weighted by Crippen LogP contribution is -2.28. The lowest BCUT2D eigenvalue weighted by Gasteiger charge is -2.21. The topological polar surface area (TPSA) is 66.3 Å². The molecule has 0 aliphatic rings. The molecule has 0 saturated carbocycles. The molecule has 0 aromatic carbocycles. The van der Waals surface area contributed by atoms with Gasteiger partial charge in [0.15, 0.2) is 0 Å². The van der Waals surface area contributed by atoms with E-state index >= 15 is 0 Å². The number of aromatic nitrogens is 2. The Hall–Kier alpha value is -1.65. The van der Waals surface area contributed by atoms with Gasteiger partial charge in [0.2, 0.25) is 5.95 Å². The lowest BCUT2D eigenvalue weighted by molar-refractivity contribution is 0.0695. The molecule has 0 aliphatic heterocycles. The normalized spacial score (nSPS) is 10.5. The first-order valence-corrected chi connectivity index (χ1v) is 4.73. The minimum atomic E-state index is -0.994. The van der Waals surface area contributed by atoms with Gasteiger partial charge in [-0.1, -0.05) is 0 Å². The number of hydrogen-bond donors (Lipinski definition) is 1. The van der Waals surface area contributed by atoms with E-state index in [9.17, 15) is 4.79 Å². The smallest absolute Gasteiger partial charge is 0.339 e. The van der Waals surface area contributed by atoms with Crippen LogP contribution in [-0.2, 0) is 0 Å². The predicted octanol–water partition coefficient (Wildman–Crippen LogP) is 1.33. The number of hydrogen-bond acceptors (Lipinski definition) is 4. The van der Waals surface area contributed by atoms with E-state index in [1.54, 1.807) is 6.92 Å².